The molecule has 19 heavy (non-hydrogen) atoms. The lowest BCUT2D eigenvalue weighted by molar-refractivity contribution is 0.304. The first-order chi connectivity index (χ1) is 9.17. The first kappa shape index (κ1) is 14.4. The van der Waals surface area contributed by atoms with Crippen LogP contribution in [0.2, 0.25) is 10.0 Å². The molecular weight excluding hydrogens is 305 g/mol. The Morgan fingerprint density at radius 3 is 2.63 bits per heavy atom. The molecule has 0 saturated carbocycles. The molecule has 4 nitrogen and oxygen atoms in total. The van der Waals surface area contributed by atoms with Gasteiger partial charge in [0.25, 0.3) is 0 Å². The van der Waals surface area contributed by atoms with E-state index in [1.54, 1.807) is 18.2 Å². The van der Waals surface area contributed by atoms with Crippen LogP contribution in [0.3, 0.4) is 0 Å². The van der Waals surface area contributed by atoms with Crippen LogP contribution >= 0.6 is 34.5 Å². The van der Waals surface area contributed by atoms with E-state index in [2.05, 4.69) is 22.4 Å². The Morgan fingerprint density at radius 2 is 1.95 bits per heavy atom. The molecule has 1 aromatic carbocycles. The molecule has 0 amide bonds. The molecule has 0 fully saturated rings. The van der Waals surface area contributed by atoms with E-state index in [0.29, 0.717) is 22.4 Å². The number of anilines is 1. The summed E-state index contributed by atoms with van der Waals surface area (Å²) in [6.45, 7) is 3.34. The van der Waals surface area contributed by atoms with Gasteiger partial charge in [0.1, 0.15) is 12.4 Å². The van der Waals surface area contributed by atoms with Crippen molar-refractivity contribution in [3.63, 3.8) is 0 Å². The summed E-state index contributed by atoms with van der Waals surface area (Å²) in [4.78, 5) is 0. The predicted octanol–water partition coefficient (Wildman–Crippen LogP) is 4.25. The van der Waals surface area contributed by atoms with Crippen LogP contribution in [0, 0.1) is 0 Å². The van der Waals surface area contributed by atoms with Crippen molar-refractivity contribution in [2.24, 2.45) is 0 Å². The van der Waals surface area contributed by atoms with Gasteiger partial charge in [0.2, 0.25) is 5.13 Å². The molecule has 0 spiro atoms. The van der Waals surface area contributed by atoms with E-state index < -0.39 is 0 Å². The second-order valence-electron chi connectivity index (χ2n) is 3.82. The molecule has 0 bridgehead atoms. The van der Waals surface area contributed by atoms with E-state index in [4.69, 9.17) is 27.9 Å². The fourth-order valence-electron chi connectivity index (χ4n) is 1.37. The number of halogens is 2. The van der Waals surface area contributed by atoms with Crippen molar-refractivity contribution in [2.45, 2.75) is 20.0 Å². The number of rotatable bonds is 6. The van der Waals surface area contributed by atoms with Gasteiger partial charge in [-0.25, -0.2) is 0 Å². The normalized spacial score (nSPS) is 10.5. The standard InChI is InChI=1S/C12H13Cl2N3OS/c1-2-3-15-12-17-16-11(19-12)7-18-10-5-8(13)4-9(14)6-10/h4-6H,2-3,7H2,1H3,(H,15,17). The average Bonchev–Trinajstić information content (AvgIpc) is 2.81. The minimum absolute atomic E-state index is 0.349. The molecule has 1 aromatic heterocycles. The van der Waals surface area contributed by atoms with Crippen molar-refractivity contribution in [2.75, 3.05) is 11.9 Å². The highest BCUT2D eigenvalue weighted by Crippen LogP contribution is 2.25. The molecule has 2 aromatic rings. The third kappa shape index (κ3) is 4.53. The van der Waals surface area contributed by atoms with E-state index in [-0.39, 0.29) is 0 Å². The Hall–Kier alpha value is -1.04. The summed E-state index contributed by atoms with van der Waals surface area (Å²) in [7, 11) is 0. The van der Waals surface area contributed by atoms with E-state index in [0.717, 1.165) is 23.1 Å². The van der Waals surface area contributed by atoms with Crippen molar-refractivity contribution in [3.05, 3.63) is 33.3 Å². The number of hydrogen-bond donors (Lipinski definition) is 1. The lowest BCUT2D eigenvalue weighted by Gasteiger charge is -2.04. The number of ether oxygens (including phenoxy) is 1. The van der Waals surface area contributed by atoms with Gasteiger partial charge in [-0.05, 0) is 24.6 Å². The molecule has 0 aliphatic rings. The summed E-state index contributed by atoms with van der Waals surface area (Å²) in [6, 6.07) is 5.09. The number of benzene rings is 1. The van der Waals surface area contributed by atoms with Crippen LogP contribution in [0.15, 0.2) is 18.2 Å². The van der Waals surface area contributed by atoms with Crippen LogP contribution in [0.1, 0.15) is 18.4 Å². The summed E-state index contributed by atoms with van der Waals surface area (Å²) in [6.07, 6.45) is 1.05. The predicted molar refractivity (Wildman–Crippen MR) is 79.5 cm³/mol. The quantitative estimate of drug-likeness (QED) is 0.865. The summed E-state index contributed by atoms with van der Waals surface area (Å²) in [5.41, 5.74) is 0. The lowest BCUT2D eigenvalue weighted by Crippen LogP contribution is -1.98. The molecule has 1 N–H and O–H groups in total. The summed E-state index contributed by atoms with van der Waals surface area (Å²) in [5.74, 6) is 0.621. The van der Waals surface area contributed by atoms with E-state index in [1.165, 1.54) is 11.3 Å². The van der Waals surface area contributed by atoms with Crippen molar-refractivity contribution >= 4 is 39.7 Å². The Labute approximate surface area is 125 Å². The molecule has 0 saturated heterocycles. The Bertz CT molecular complexity index is 527. The molecule has 0 aliphatic carbocycles. The van der Waals surface area contributed by atoms with Crippen molar-refractivity contribution < 1.29 is 4.74 Å². The van der Waals surface area contributed by atoms with Gasteiger partial charge in [-0.15, -0.1) is 10.2 Å². The number of nitrogens with zero attached hydrogens (tertiary/aromatic N) is 2. The molecular formula is C12H13Cl2N3OS. The molecule has 1 heterocycles. The molecule has 0 radical (unpaired) electrons. The zero-order valence-corrected chi connectivity index (χ0v) is 12.6. The van der Waals surface area contributed by atoms with Crippen molar-refractivity contribution in [1.29, 1.82) is 0 Å². The van der Waals surface area contributed by atoms with Crippen LogP contribution < -0.4 is 10.1 Å². The van der Waals surface area contributed by atoms with E-state index in [9.17, 15) is 0 Å². The monoisotopic (exact) mass is 317 g/mol. The number of hydrogen-bond acceptors (Lipinski definition) is 5. The Kier molecular flexibility index (Phi) is 5.24. The van der Waals surface area contributed by atoms with Gasteiger partial charge in [0, 0.05) is 16.6 Å². The summed E-state index contributed by atoms with van der Waals surface area (Å²) in [5, 5.41) is 14.0. The third-order valence-electron chi connectivity index (χ3n) is 2.19. The maximum atomic E-state index is 5.89. The van der Waals surface area contributed by atoms with Crippen molar-refractivity contribution in [1.82, 2.24) is 10.2 Å². The smallest absolute Gasteiger partial charge is 0.205 e. The second kappa shape index (κ2) is 6.93. The first-order valence-corrected chi connectivity index (χ1v) is 7.39. The third-order valence-corrected chi connectivity index (χ3v) is 3.48. The highest BCUT2D eigenvalue weighted by atomic mass is 35.5. The van der Waals surface area contributed by atoms with Gasteiger partial charge in [-0.2, -0.15) is 0 Å². The molecule has 0 unspecified atom stereocenters. The second-order valence-corrected chi connectivity index (χ2v) is 5.76. The topological polar surface area (TPSA) is 47.0 Å². The van der Waals surface area contributed by atoms with Crippen LogP contribution in [0.4, 0.5) is 5.13 Å². The maximum absolute atomic E-state index is 5.89. The summed E-state index contributed by atoms with van der Waals surface area (Å²) < 4.78 is 5.58. The molecule has 0 atom stereocenters. The molecule has 102 valence electrons. The van der Waals surface area contributed by atoms with Crippen molar-refractivity contribution in [3.8, 4) is 5.75 Å². The highest BCUT2D eigenvalue weighted by molar-refractivity contribution is 7.15. The fourth-order valence-corrected chi connectivity index (χ4v) is 2.56. The first-order valence-electron chi connectivity index (χ1n) is 5.82. The Balaban J connectivity index is 1.92. The van der Waals surface area contributed by atoms with Gasteiger partial charge >= 0.3 is 0 Å². The number of aromatic nitrogens is 2. The maximum Gasteiger partial charge on any atom is 0.205 e. The average molecular weight is 318 g/mol. The summed E-state index contributed by atoms with van der Waals surface area (Å²) >= 11 is 13.3. The van der Waals surface area contributed by atoms with Crippen LogP contribution in [-0.2, 0) is 6.61 Å². The fraction of sp³-hybridized carbons (Fsp3) is 0.333. The largest absolute Gasteiger partial charge is 0.486 e. The van der Waals surface area contributed by atoms with Crippen LogP contribution in [0.5, 0.6) is 5.75 Å². The Morgan fingerprint density at radius 1 is 1.21 bits per heavy atom. The van der Waals surface area contributed by atoms with E-state index in [1.807, 2.05) is 0 Å². The van der Waals surface area contributed by atoms with Crippen LogP contribution in [-0.4, -0.2) is 16.7 Å². The minimum atomic E-state index is 0.349. The van der Waals surface area contributed by atoms with Gasteiger partial charge < -0.3 is 10.1 Å². The van der Waals surface area contributed by atoms with Gasteiger partial charge in [-0.1, -0.05) is 41.5 Å². The van der Waals surface area contributed by atoms with E-state index >= 15 is 0 Å². The molecule has 2 rings (SSSR count). The number of nitrogens with one attached hydrogen (secondary N) is 1. The molecule has 7 heteroatoms. The zero-order valence-electron chi connectivity index (χ0n) is 10.3. The lowest BCUT2D eigenvalue weighted by atomic mass is 10.3. The highest BCUT2D eigenvalue weighted by Gasteiger charge is 2.05. The molecule has 0 aliphatic heterocycles. The van der Waals surface area contributed by atoms with Crippen LogP contribution in [0.25, 0.3) is 0 Å². The van der Waals surface area contributed by atoms with Gasteiger partial charge in [0.05, 0.1) is 0 Å². The van der Waals surface area contributed by atoms with Gasteiger partial charge in [0.15, 0.2) is 5.01 Å². The zero-order chi connectivity index (χ0) is 13.7. The minimum Gasteiger partial charge on any atom is -0.486 e. The SMILES string of the molecule is CCCNc1nnc(COc2cc(Cl)cc(Cl)c2)s1. The van der Waals surface area contributed by atoms with Gasteiger partial charge in [-0.3, -0.25) is 0 Å².